The molecule has 0 bridgehead atoms. The van der Waals surface area contributed by atoms with Crippen molar-refractivity contribution in [3.63, 3.8) is 0 Å². The van der Waals surface area contributed by atoms with Gasteiger partial charge in [-0.1, -0.05) is 98.8 Å². The number of fused-ring (bicyclic) bond motifs is 14. The SMILES string of the molecule is CC(C)C(C)(C)OBc1cc(-n2c3ccccc3c3c4ccccc4c4c5cc6ccccc6cc5sc4c32)cc2sc3ccccc3c12. The largest absolute Gasteiger partial charge is 0.429 e. The number of benzene rings is 7. The van der Waals surface area contributed by atoms with Gasteiger partial charge in [0.1, 0.15) is 0 Å². The quantitative estimate of drug-likeness (QED) is 0.167. The number of rotatable bonds is 5. The van der Waals surface area contributed by atoms with Gasteiger partial charge in [0.25, 0.3) is 0 Å². The molecule has 0 aliphatic rings. The van der Waals surface area contributed by atoms with Crippen LogP contribution in [0.15, 0.2) is 121 Å². The lowest BCUT2D eigenvalue weighted by Crippen LogP contribution is -2.36. The van der Waals surface area contributed by atoms with Gasteiger partial charge in [-0.25, -0.2) is 0 Å². The summed E-state index contributed by atoms with van der Waals surface area (Å²) in [4.78, 5) is 0. The van der Waals surface area contributed by atoms with E-state index in [0.717, 1.165) is 0 Å². The van der Waals surface area contributed by atoms with Crippen LogP contribution in [-0.2, 0) is 4.65 Å². The molecule has 0 N–H and O–H groups in total. The molecule has 236 valence electrons. The number of hydrogen-bond donors (Lipinski definition) is 0. The Morgan fingerprint density at radius 3 is 2.02 bits per heavy atom. The van der Waals surface area contributed by atoms with Gasteiger partial charge in [-0.2, -0.15) is 0 Å². The molecule has 0 spiro atoms. The molecular weight excluding hydrogens is 633 g/mol. The Bertz CT molecular complexity index is 2960. The zero-order chi connectivity index (χ0) is 33.0. The van der Waals surface area contributed by atoms with Crippen molar-refractivity contribution in [2.75, 3.05) is 0 Å². The molecule has 2 nitrogen and oxygen atoms in total. The predicted molar refractivity (Wildman–Crippen MR) is 218 cm³/mol. The van der Waals surface area contributed by atoms with Crippen molar-refractivity contribution in [3.05, 3.63) is 121 Å². The maximum absolute atomic E-state index is 6.75. The van der Waals surface area contributed by atoms with Gasteiger partial charge in [0, 0.05) is 46.9 Å². The van der Waals surface area contributed by atoms with E-state index in [0.29, 0.717) is 13.4 Å². The van der Waals surface area contributed by atoms with Crippen molar-refractivity contribution in [2.24, 2.45) is 5.92 Å². The molecule has 0 atom stereocenters. The van der Waals surface area contributed by atoms with Gasteiger partial charge in [-0.3, -0.25) is 0 Å². The summed E-state index contributed by atoms with van der Waals surface area (Å²) in [5.41, 5.74) is 4.70. The molecule has 0 aliphatic carbocycles. The van der Waals surface area contributed by atoms with Crippen LogP contribution in [0.5, 0.6) is 0 Å². The zero-order valence-corrected chi connectivity index (χ0v) is 29.6. The van der Waals surface area contributed by atoms with Crippen LogP contribution in [0.1, 0.15) is 27.7 Å². The number of thiophene rings is 2. The lowest BCUT2D eigenvalue weighted by molar-refractivity contribution is 0.0668. The first-order valence-corrected chi connectivity index (χ1v) is 18.8. The van der Waals surface area contributed by atoms with E-state index in [4.69, 9.17) is 4.65 Å². The Hall–Kier alpha value is -4.68. The van der Waals surface area contributed by atoms with Crippen LogP contribution < -0.4 is 5.46 Å². The van der Waals surface area contributed by atoms with Crippen LogP contribution in [0.3, 0.4) is 0 Å². The highest BCUT2D eigenvalue weighted by molar-refractivity contribution is 7.27. The van der Waals surface area contributed by atoms with Crippen molar-refractivity contribution in [1.29, 1.82) is 0 Å². The monoisotopic (exact) mass is 667 g/mol. The number of para-hydroxylation sites is 1. The fourth-order valence-corrected chi connectivity index (χ4v) is 10.2. The molecule has 3 aromatic heterocycles. The van der Waals surface area contributed by atoms with Crippen molar-refractivity contribution in [1.82, 2.24) is 4.57 Å². The first-order valence-electron chi connectivity index (χ1n) is 17.1. The van der Waals surface area contributed by atoms with E-state index in [9.17, 15) is 0 Å². The molecule has 10 rings (SSSR count). The van der Waals surface area contributed by atoms with E-state index in [2.05, 4.69) is 154 Å². The highest BCUT2D eigenvalue weighted by Gasteiger charge is 2.26. The minimum absolute atomic E-state index is 0.243. The van der Waals surface area contributed by atoms with Gasteiger partial charge in [-0.15, -0.1) is 22.7 Å². The van der Waals surface area contributed by atoms with Crippen molar-refractivity contribution >= 4 is 119 Å². The highest BCUT2D eigenvalue weighted by atomic mass is 32.1. The maximum atomic E-state index is 6.75. The van der Waals surface area contributed by atoms with Crippen molar-refractivity contribution in [3.8, 4) is 5.69 Å². The molecule has 49 heavy (non-hydrogen) atoms. The molecule has 0 radical (unpaired) electrons. The summed E-state index contributed by atoms with van der Waals surface area (Å²) < 4.78 is 14.6. The Morgan fingerprint density at radius 1 is 0.592 bits per heavy atom. The first-order chi connectivity index (χ1) is 23.9. The topological polar surface area (TPSA) is 14.2 Å². The molecule has 0 aliphatic heterocycles. The lowest BCUT2D eigenvalue weighted by atomic mass is 9.81. The van der Waals surface area contributed by atoms with Crippen molar-refractivity contribution in [2.45, 2.75) is 33.3 Å². The first kappa shape index (κ1) is 29.3. The van der Waals surface area contributed by atoms with Gasteiger partial charge in [0.2, 0.25) is 0 Å². The van der Waals surface area contributed by atoms with Crippen LogP contribution in [0.4, 0.5) is 0 Å². The van der Waals surface area contributed by atoms with E-state index in [-0.39, 0.29) is 5.60 Å². The average molecular weight is 668 g/mol. The summed E-state index contributed by atoms with van der Waals surface area (Å²) in [6, 6.07) is 45.2. The number of nitrogens with zero attached hydrogens (tertiary/aromatic N) is 1. The van der Waals surface area contributed by atoms with E-state index in [1.54, 1.807) is 0 Å². The lowest BCUT2D eigenvalue weighted by Gasteiger charge is -2.30. The smallest absolute Gasteiger partial charge is 0.310 e. The van der Waals surface area contributed by atoms with Gasteiger partial charge < -0.3 is 9.22 Å². The minimum atomic E-state index is -0.243. The third-order valence-electron chi connectivity index (χ3n) is 10.9. The summed E-state index contributed by atoms with van der Waals surface area (Å²) in [5.74, 6) is 0.397. The molecule has 0 saturated heterocycles. The summed E-state index contributed by atoms with van der Waals surface area (Å²) in [6.07, 6.45) is 0. The molecule has 0 fully saturated rings. The van der Waals surface area contributed by atoms with Crippen LogP contribution >= 0.6 is 22.7 Å². The molecule has 0 amide bonds. The van der Waals surface area contributed by atoms with Gasteiger partial charge >= 0.3 is 7.48 Å². The molecular formula is C44H34BNOS2. The Labute approximate surface area is 293 Å². The third kappa shape index (κ3) is 4.29. The average Bonchev–Trinajstić information content (AvgIpc) is 3.79. The minimum Gasteiger partial charge on any atom is -0.429 e. The second-order valence-electron chi connectivity index (χ2n) is 14.2. The standard InChI is InChI=1S/C44H34BNOS2/c1-25(2)44(3,4)47-45-34-23-28(24-38-41(34)32-18-10-12-20-36(32)48-38)46-35-19-11-9-17-31(35)39-29-15-7-8-16-30(29)40-33-21-26-13-5-6-14-27(26)22-37(33)49-43(40)42(39)46/h5-25,45H,1-4H3. The Kier molecular flexibility index (Phi) is 6.37. The predicted octanol–water partition coefficient (Wildman–Crippen LogP) is 12.3. The van der Waals surface area contributed by atoms with Crippen LogP contribution in [0.2, 0.25) is 0 Å². The fraction of sp³-hybridized carbons (Fsp3) is 0.136. The molecule has 0 unspecified atom stereocenters. The summed E-state index contributed by atoms with van der Waals surface area (Å²) in [7, 11) is 0.557. The van der Waals surface area contributed by atoms with Gasteiger partial charge in [0.15, 0.2) is 0 Å². The molecule has 5 heteroatoms. The van der Waals surface area contributed by atoms with E-state index >= 15 is 0 Å². The number of hydrogen-bond acceptors (Lipinski definition) is 3. The fourth-order valence-electron chi connectivity index (χ4n) is 7.73. The Morgan fingerprint density at radius 2 is 1.24 bits per heavy atom. The Balaban J connectivity index is 1.36. The van der Waals surface area contributed by atoms with E-state index < -0.39 is 0 Å². The normalized spacial score (nSPS) is 12.8. The van der Waals surface area contributed by atoms with Crippen LogP contribution in [-0.4, -0.2) is 17.7 Å². The maximum Gasteiger partial charge on any atom is 0.310 e. The summed E-state index contributed by atoms with van der Waals surface area (Å²) in [5, 5.41) is 13.1. The number of aromatic nitrogens is 1. The van der Waals surface area contributed by atoms with Gasteiger partial charge in [0.05, 0.1) is 15.7 Å². The summed E-state index contributed by atoms with van der Waals surface area (Å²) >= 11 is 3.81. The summed E-state index contributed by atoms with van der Waals surface area (Å²) in [6.45, 7) is 8.91. The molecule has 10 aromatic rings. The second-order valence-corrected chi connectivity index (χ2v) is 16.4. The van der Waals surface area contributed by atoms with Crippen molar-refractivity contribution < 1.29 is 4.65 Å². The molecule has 7 aromatic carbocycles. The third-order valence-corrected chi connectivity index (χ3v) is 13.2. The van der Waals surface area contributed by atoms with Gasteiger partial charge in [-0.05, 0) is 93.9 Å². The zero-order valence-electron chi connectivity index (χ0n) is 28.0. The highest BCUT2D eigenvalue weighted by Crippen LogP contribution is 2.49. The second kappa shape index (κ2) is 10.7. The van der Waals surface area contributed by atoms with Crippen LogP contribution in [0.25, 0.3) is 89.4 Å². The van der Waals surface area contributed by atoms with Crippen LogP contribution in [0, 0.1) is 5.92 Å². The van der Waals surface area contributed by atoms with E-state index in [1.807, 2.05) is 22.7 Å². The molecule has 0 saturated carbocycles. The molecule has 3 heterocycles. The van der Waals surface area contributed by atoms with E-state index in [1.165, 1.54) is 94.8 Å².